The first kappa shape index (κ1) is 15.2. The molecule has 6 nitrogen and oxygen atoms in total. The second-order valence-corrected chi connectivity index (χ2v) is 8.46. The molecule has 4 saturated carbocycles. The van der Waals surface area contributed by atoms with E-state index in [2.05, 4.69) is 15.5 Å². The van der Waals surface area contributed by atoms with Crippen LogP contribution in [-0.2, 0) is 6.54 Å². The maximum absolute atomic E-state index is 13.0. The molecule has 0 unspecified atom stereocenters. The van der Waals surface area contributed by atoms with Gasteiger partial charge in [0.1, 0.15) is 0 Å². The third-order valence-electron chi connectivity index (χ3n) is 6.51. The molecule has 0 saturated heterocycles. The number of amides is 1. The maximum atomic E-state index is 13.0. The Labute approximate surface area is 147 Å². The number of rotatable bonds is 4. The van der Waals surface area contributed by atoms with E-state index in [4.69, 9.17) is 4.52 Å². The molecular formula is C19H24N4O2. The second kappa shape index (κ2) is 5.44. The van der Waals surface area contributed by atoms with Gasteiger partial charge >= 0.3 is 0 Å². The van der Waals surface area contributed by atoms with Gasteiger partial charge in [0.05, 0.1) is 18.6 Å². The van der Waals surface area contributed by atoms with Crippen LogP contribution in [0.2, 0.25) is 0 Å². The fourth-order valence-electron chi connectivity index (χ4n) is 5.88. The van der Waals surface area contributed by atoms with Gasteiger partial charge < -0.3 is 14.4 Å². The van der Waals surface area contributed by atoms with Crippen molar-refractivity contribution < 1.29 is 9.32 Å². The van der Waals surface area contributed by atoms with Gasteiger partial charge in [-0.05, 0) is 63.2 Å². The molecular weight excluding hydrogens is 316 g/mol. The molecule has 2 heterocycles. The van der Waals surface area contributed by atoms with Crippen LogP contribution in [-0.4, -0.2) is 26.2 Å². The highest BCUT2D eigenvalue weighted by atomic mass is 16.5. The highest BCUT2D eigenvalue weighted by Gasteiger charge is 2.51. The van der Waals surface area contributed by atoms with Gasteiger partial charge in [-0.2, -0.15) is 0 Å². The summed E-state index contributed by atoms with van der Waals surface area (Å²) >= 11 is 0. The van der Waals surface area contributed by atoms with Gasteiger partial charge in [0.15, 0.2) is 0 Å². The normalized spacial score (nSPS) is 32.9. The van der Waals surface area contributed by atoms with E-state index in [9.17, 15) is 4.79 Å². The third kappa shape index (κ3) is 2.58. The molecule has 0 aliphatic heterocycles. The molecule has 2 aromatic rings. The minimum absolute atomic E-state index is 0.0151. The zero-order valence-electron chi connectivity index (χ0n) is 14.6. The molecule has 1 N–H and O–H groups in total. The molecule has 6 heteroatoms. The molecule has 25 heavy (non-hydrogen) atoms. The number of imidazole rings is 1. The van der Waals surface area contributed by atoms with Gasteiger partial charge in [-0.1, -0.05) is 5.16 Å². The molecule has 0 spiro atoms. The molecule has 6 rings (SSSR count). The predicted molar refractivity (Wildman–Crippen MR) is 90.9 cm³/mol. The SMILES string of the molecule is Cc1noc(C(=O)NC23CC4CC(CC(C4)C2)C3)c1Cn1ccnc1. The van der Waals surface area contributed by atoms with Crippen molar-refractivity contribution in [1.29, 1.82) is 0 Å². The maximum Gasteiger partial charge on any atom is 0.290 e. The summed E-state index contributed by atoms with van der Waals surface area (Å²) in [5, 5.41) is 7.42. The van der Waals surface area contributed by atoms with Crippen LogP contribution in [0.1, 0.15) is 60.3 Å². The molecule has 4 bridgehead atoms. The number of nitrogens with one attached hydrogen (secondary N) is 1. The first-order valence-corrected chi connectivity index (χ1v) is 9.34. The van der Waals surface area contributed by atoms with Crippen LogP contribution in [0.3, 0.4) is 0 Å². The number of carbonyl (C=O) groups excluding carboxylic acids is 1. The Morgan fingerprint density at radius 2 is 1.96 bits per heavy atom. The molecule has 4 aliphatic rings. The third-order valence-corrected chi connectivity index (χ3v) is 6.51. The standard InChI is InChI=1S/C19H24N4O2/c1-12-16(10-23-3-2-20-11-23)17(25-22-12)18(24)21-19-7-13-4-14(8-19)6-15(5-13)9-19/h2-3,11,13-15H,4-10H2,1H3,(H,21,24). The quantitative estimate of drug-likeness (QED) is 0.929. The second-order valence-electron chi connectivity index (χ2n) is 8.46. The molecule has 0 aromatic carbocycles. The van der Waals surface area contributed by atoms with E-state index in [1.807, 2.05) is 17.7 Å². The van der Waals surface area contributed by atoms with E-state index < -0.39 is 0 Å². The molecule has 4 fully saturated rings. The van der Waals surface area contributed by atoms with Crippen LogP contribution >= 0.6 is 0 Å². The van der Waals surface area contributed by atoms with E-state index in [1.165, 1.54) is 19.3 Å². The summed E-state index contributed by atoms with van der Waals surface area (Å²) in [5.74, 6) is 2.66. The number of aromatic nitrogens is 3. The molecule has 132 valence electrons. The van der Waals surface area contributed by atoms with Crippen molar-refractivity contribution in [2.24, 2.45) is 17.8 Å². The van der Waals surface area contributed by atoms with Crippen LogP contribution in [0.25, 0.3) is 0 Å². The Morgan fingerprint density at radius 3 is 2.56 bits per heavy atom. The smallest absolute Gasteiger partial charge is 0.290 e. The van der Waals surface area contributed by atoms with Gasteiger partial charge in [0.25, 0.3) is 5.91 Å². The van der Waals surface area contributed by atoms with E-state index in [1.54, 1.807) is 12.5 Å². The Kier molecular flexibility index (Phi) is 3.30. The zero-order chi connectivity index (χ0) is 17.0. The lowest BCUT2D eigenvalue weighted by atomic mass is 9.53. The summed E-state index contributed by atoms with van der Waals surface area (Å²) in [4.78, 5) is 17.1. The summed E-state index contributed by atoms with van der Waals surface area (Å²) in [6.07, 6.45) is 12.9. The van der Waals surface area contributed by atoms with E-state index in [0.717, 1.165) is 48.3 Å². The Bertz CT molecular complexity index is 757. The number of nitrogens with zero attached hydrogens (tertiary/aromatic N) is 3. The highest BCUT2D eigenvalue weighted by molar-refractivity contribution is 5.93. The molecule has 1 amide bonds. The van der Waals surface area contributed by atoms with Gasteiger partial charge in [0, 0.05) is 23.5 Å². The summed E-state index contributed by atoms with van der Waals surface area (Å²) < 4.78 is 7.36. The van der Waals surface area contributed by atoms with E-state index in [-0.39, 0.29) is 11.4 Å². The van der Waals surface area contributed by atoms with Crippen LogP contribution in [0, 0.1) is 24.7 Å². The minimum atomic E-state index is -0.0994. The zero-order valence-corrected chi connectivity index (χ0v) is 14.6. The molecule has 4 aliphatic carbocycles. The van der Waals surface area contributed by atoms with Gasteiger partial charge in [-0.3, -0.25) is 4.79 Å². The summed E-state index contributed by atoms with van der Waals surface area (Å²) in [6, 6.07) is 0. The Hall–Kier alpha value is -2.11. The van der Waals surface area contributed by atoms with Gasteiger partial charge in [0.2, 0.25) is 5.76 Å². The van der Waals surface area contributed by atoms with Crippen molar-refractivity contribution in [2.45, 2.75) is 57.5 Å². The van der Waals surface area contributed by atoms with Gasteiger partial charge in [-0.25, -0.2) is 4.98 Å². The van der Waals surface area contributed by atoms with Crippen LogP contribution in [0.15, 0.2) is 23.2 Å². The Morgan fingerprint density at radius 1 is 1.28 bits per heavy atom. The lowest BCUT2D eigenvalue weighted by Crippen LogP contribution is -2.59. The lowest BCUT2D eigenvalue weighted by molar-refractivity contribution is -0.0172. The van der Waals surface area contributed by atoms with E-state index in [0.29, 0.717) is 12.3 Å². The largest absolute Gasteiger partial charge is 0.350 e. The van der Waals surface area contributed by atoms with Crippen molar-refractivity contribution in [3.8, 4) is 0 Å². The van der Waals surface area contributed by atoms with E-state index >= 15 is 0 Å². The van der Waals surface area contributed by atoms with Crippen LogP contribution in [0.4, 0.5) is 0 Å². The average Bonchev–Trinajstić information content (AvgIpc) is 3.17. The molecule has 2 aromatic heterocycles. The fourth-order valence-corrected chi connectivity index (χ4v) is 5.88. The molecule has 0 radical (unpaired) electrons. The number of carbonyl (C=O) groups is 1. The number of hydrogen-bond acceptors (Lipinski definition) is 4. The predicted octanol–water partition coefficient (Wildman–Crippen LogP) is 2.93. The topological polar surface area (TPSA) is 73.0 Å². The van der Waals surface area contributed by atoms with Crippen molar-refractivity contribution in [2.75, 3.05) is 0 Å². The summed E-state index contributed by atoms with van der Waals surface area (Å²) in [6.45, 7) is 2.44. The van der Waals surface area contributed by atoms with Crippen molar-refractivity contribution >= 4 is 5.91 Å². The minimum Gasteiger partial charge on any atom is -0.350 e. The highest BCUT2D eigenvalue weighted by Crippen LogP contribution is 2.55. The van der Waals surface area contributed by atoms with Gasteiger partial charge in [-0.15, -0.1) is 0 Å². The molecule has 0 atom stereocenters. The monoisotopic (exact) mass is 340 g/mol. The fraction of sp³-hybridized carbons (Fsp3) is 0.632. The van der Waals surface area contributed by atoms with Crippen molar-refractivity contribution in [3.05, 3.63) is 35.7 Å². The van der Waals surface area contributed by atoms with Crippen molar-refractivity contribution in [3.63, 3.8) is 0 Å². The first-order valence-electron chi connectivity index (χ1n) is 9.34. The summed E-state index contributed by atoms with van der Waals surface area (Å²) in [7, 11) is 0. The van der Waals surface area contributed by atoms with Crippen molar-refractivity contribution in [1.82, 2.24) is 20.0 Å². The summed E-state index contributed by atoms with van der Waals surface area (Å²) in [5.41, 5.74) is 1.60. The average molecular weight is 340 g/mol. The number of aryl methyl sites for hydroxylation is 1. The first-order chi connectivity index (χ1) is 12.1. The van der Waals surface area contributed by atoms with Crippen LogP contribution < -0.4 is 5.32 Å². The Balaban J connectivity index is 1.38. The lowest BCUT2D eigenvalue weighted by Gasteiger charge is -2.56. The van der Waals surface area contributed by atoms with Crippen LogP contribution in [0.5, 0.6) is 0 Å². The number of hydrogen-bond donors (Lipinski definition) is 1.